The van der Waals surface area contributed by atoms with Crippen molar-refractivity contribution in [3.05, 3.63) is 70.8 Å². The first-order chi connectivity index (χ1) is 12.3. The first kappa shape index (κ1) is 17.8. The predicted molar refractivity (Wildman–Crippen MR) is 95.3 cm³/mol. The highest BCUT2D eigenvalue weighted by Gasteiger charge is 2.36. The molecule has 0 saturated heterocycles. The van der Waals surface area contributed by atoms with E-state index in [0.717, 1.165) is 16.0 Å². The molecule has 1 heterocycles. The fourth-order valence-corrected chi connectivity index (χ4v) is 2.81. The van der Waals surface area contributed by atoms with E-state index < -0.39 is 23.3 Å². The fourth-order valence-electron chi connectivity index (χ4n) is 2.81. The molecular formula is C20H20N2O4. The smallest absolute Gasteiger partial charge is 0.262 e. The van der Waals surface area contributed by atoms with Gasteiger partial charge in [-0.05, 0) is 37.1 Å². The third-order valence-electron chi connectivity index (χ3n) is 4.33. The molecule has 0 spiro atoms. The Balaban J connectivity index is 1.59. The molecule has 1 aliphatic rings. The van der Waals surface area contributed by atoms with Gasteiger partial charge in [0.2, 0.25) is 5.91 Å². The number of hydrogen-bond donors (Lipinski definition) is 2. The molecule has 6 heteroatoms. The molecule has 2 aromatic carbocycles. The maximum Gasteiger partial charge on any atom is 0.262 e. The zero-order valence-corrected chi connectivity index (χ0v) is 14.7. The molecule has 0 aliphatic carbocycles. The minimum Gasteiger partial charge on any atom is -0.386 e. The van der Waals surface area contributed by atoms with E-state index in [4.69, 9.17) is 0 Å². The number of benzene rings is 2. The predicted octanol–water partition coefficient (Wildman–Crippen LogP) is 1.83. The number of fused-ring (bicyclic) bond motifs is 1. The van der Waals surface area contributed by atoms with Gasteiger partial charge < -0.3 is 10.4 Å². The number of carbonyl (C=O) groups excluding carboxylic acids is 3. The lowest BCUT2D eigenvalue weighted by Gasteiger charge is -2.18. The SMILES string of the molecule is CC(C)(O)c1ccc(CNC(=O)CN2C(=O)c3ccccc3C2=O)cc1. The molecule has 0 radical (unpaired) electrons. The van der Waals surface area contributed by atoms with Crippen LogP contribution in [0.25, 0.3) is 0 Å². The normalized spacial score (nSPS) is 13.7. The fraction of sp³-hybridized carbons (Fsp3) is 0.250. The van der Waals surface area contributed by atoms with Crippen molar-refractivity contribution in [2.24, 2.45) is 0 Å². The molecule has 2 N–H and O–H groups in total. The summed E-state index contributed by atoms with van der Waals surface area (Å²) in [4.78, 5) is 37.6. The van der Waals surface area contributed by atoms with E-state index in [1.165, 1.54) is 0 Å². The van der Waals surface area contributed by atoms with Crippen molar-refractivity contribution >= 4 is 17.7 Å². The number of rotatable bonds is 5. The largest absolute Gasteiger partial charge is 0.386 e. The van der Waals surface area contributed by atoms with Crippen LogP contribution in [0.3, 0.4) is 0 Å². The van der Waals surface area contributed by atoms with Crippen LogP contribution in [0.2, 0.25) is 0 Å². The van der Waals surface area contributed by atoms with E-state index in [1.54, 1.807) is 50.2 Å². The zero-order valence-electron chi connectivity index (χ0n) is 14.7. The molecule has 0 aromatic heterocycles. The Morgan fingerprint density at radius 2 is 1.54 bits per heavy atom. The Labute approximate surface area is 151 Å². The van der Waals surface area contributed by atoms with Crippen molar-refractivity contribution in [2.45, 2.75) is 26.0 Å². The number of aliphatic hydroxyl groups is 1. The molecule has 6 nitrogen and oxygen atoms in total. The number of imide groups is 1. The van der Waals surface area contributed by atoms with Crippen molar-refractivity contribution in [1.82, 2.24) is 10.2 Å². The highest BCUT2D eigenvalue weighted by molar-refractivity contribution is 6.22. The van der Waals surface area contributed by atoms with Gasteiger partial charge in [-0.2, -0.15) is 0 Å². The summed E-state index contributed by atoms with van der Waals surface area (Å²) in [6.45, 7) is 3.36. The Kier molecular flexibility index (Phi) is 4.61. The molecule has 0 fully saturated rings. The molecule has 26 heavy (non-hydrogen) atoms. The van der Waals surface area contributed by atoms with Crippen LogP contribution >= 0.6 is 0 Å². The molecule has 3 rings (SSSR count). The number of nitrogens with zero attached hydrogens (tertiary/aromatic N) is 1. The monoisotopic (exact) mass is 352 g/mol. The molecular weight excluding hydrogens is 332 g/mol. The summed E-state index contributed by atoms with van der Waals surface area (Å²) >= 11 is 0. The maximum absolute atomic E-state index is 12.2. The second-order valence-corrected chi connectivity index (χ2v) is 6.77. The average Bonchev–Trinajstić information content (AvgIpc) is 2.85. The van der Waals surface area contributed by atoms with Crippen molar-refractivity contribution in [2.75, 3.05) is 6.54 Å². The number of amides is 3. The molecule has 0 saturated carbocycles. The van der Waals surface area contributed by atoms with Crippen LogP contribution in [0, 0.1) is 0 Å². The molecule has 0 atom stereocenters. The Bertz CT molecular complexity index is 831. The Morgan fingerprint density at radius 3 is 2.04 bits per heavy atom. The first-order valence-electron chi connectivity index (χ1n) is 8.31. The van der Waals surface area contributed by atoms with Gasteiger partial charge in [0.05, 0.1) is 16.7 Å². The topological polar surface area (TPSA) is 86.7 Å². The van der Waals surface area contributed by atoms with Gasteiger partial charge in [0.15, 0.2) is 0 Å². The minimum absolute atomic E-state index is 0.272. The van der Waals surface area contributed by atoms with E-state index in [2.05, 4.69) is 5.32 Å². The van der Waals surface area contributed by atoms with Crippen molar-refractivity contribution < 1.29 is 19.5 Å². The van der Waals surface area contributed by atoms with Gasteiger partial charge in [-0.3, -0.25) is 19.3 Å². The maximum atomic E-state index is 12.2. The number of carbonyl (C=O) groups is 3. The van der Waals surface area contributed by atoms with Gasteiger partial charge >= 0.3 is 0 Å². The molecule has 134 valence electrons. The first-order valence-corrected chi connectivity index (χ1v) is 8.31. The van der Waals surface area contributed by atoms with Crippen molar-refractivity contribution in [1.29, 1.82) is 0 Å². The summed E-state index contributed by atoms with van der Waals surface area (Å²) in [6, 6.07) is 13.8. The minimum atomic E-state index is -0.923. The van der Waals surface area contributed by atoms with Crippen LogP contribution in [0.15, 0.2) is 48.5 Å². The zero-order chi connectivity index (χ0) is 18.9. The van der Waals surface area contributed by atoms with Crippen LogP contribution < -0.4 is 5.32 Å². The van der Waals surface area contributed by atoms with E-state index in [9.17, 15) is 19.5 Å². The van der Waals surface area contributed by atoms with E-state index in [-0.39, 0.29) is 13.1 Å². The summed E-state index contributed by atoms with van der Waals surface area (Å²) < 4.78 is 0. The van der Waals surface area contributed by atoms with Crippen LogP contribution in [-0.2, 0) is 16.9 Å². The Morgan fingerprint density at radius 1 is 1.00 bits per heavy atom. The average molecular weight is 352 g/mol. The summed E-state index contributed by atoms with van der Waals surface area (Å²) in [7, 11) is 0. The van der Waals surface area contributed by atoms with E-state index >= 15 is 0 Å². The van der Waals surface area contributed by atoms with Gasteiger partial charge in [0, 0.05) is 6.54 Å². The van der Waals surface area contributed by atoms with Gasteiger partial charge in [-0.15, -0.1) is 0 Å². The lowest BCUT2D eigenvalue weighted by atomic mass is 9.97. The van der Waals surface area contributed by atoms with Crippen LogP contribution in [-0.4, -0.2) is 34.3 Å². The third-order valence-corrected chi connectivity index (χ3v) is 4.33. The lowest BCUT2D eigenvalue weighted by Crippen LogP contribution is -2.40. The van der Waals surface area contributed by atoms with E-state index in [1.807, 2.05) is 12.1 Å². The van der Waals surface area contributed by atoms with E-state index in [0.29, 0.717) is 11.1 Å². The second kappa shape index (κ2) is 6.72. The van der Waals surface area contributed by atoms with Gasteiger partial charge in [0.1, 0.15) is 6.54 Å². The lowest BCUT2D eigenvalue weighted by molar-refractivity contribution is -0.121. The standard InChI is InChI=1S/C20H20N2O4/c1-20(2,26)14-9-7-13(8-10-14)11-21-17(23)12-22-18(24)15-5-3-4-6-16(15)19(22)25/h3-10,26H,11-12H2,1-2H3,(H,21,23). The van der Waals surface area contributed by atoms with Crippen LogP contribution in [0.5, 0.6) is 0 Å². The molecule has 2 aromatic rings. The molecule has 1 aliphatic heterocycles. The summed E-state index contributed by atoms with van der Waals surface area (Å²) in [6.07, 6.45) is 0. The Hall–Kier alpha value is -2.99. The second-order valence-electron chi connectivity index (χ2n) is 6.77. The third kappa shape index (κ3) is 3.50. The summed E-state index contributed by atoms with van der Waals surface area (Å²) in [5.74, 6) is -1.31. The van der Waals surface area contributed by atoms with Crippen LogP contribution in [0.1, 0.15) is 45.7 Å². The highest BCUT2D eigenvalue weighted by atomic mass is 16.3. The summed E-state index contributed by atoms with van der Waals surface area (Å²) in [5, 5.41) is 12.6. The molecule has 3 amide bonds. The molecule has 0 bridgehead atoms. The highest BCUT2D eigenvalue weighted by Crippen LogP contribution is 2.22. The van der Waals surface area contributed by atoms with Crippen molar-refractivity contribution in [3.63, 3.8) is 0 Å². The van der Waals surface area contributed by atoms with Crippen LogP contribution in [0.4, 0.5) is 0 Å². The quantitative estimate of drug-likeness (QED) is 0.804. The molecule has 0 unspecified atom stereocenters. The van der Waals surface area contributed by atoms with Gasteiger partial charge in [-0.25, -0.2) is 0 Å². The number of nitrogens with one attached hydrogen (secondary N) is 1. The van der Waals surface area contributed by atoms with Crippen molar-refractivity contribution in [3.8, 4) is 0 Å². The number of hydrogen-bond acceptors (Lipinski definition) is 4. The van der Waals surface area contributed by atoms with Gasteiger partial charge in [0.25, 0.3) is 11.8 Å². The summed E-state index contributed by atoms with van der Waals surface area (Å²) in [5.41, 5.74) is 1.36. The van der Waals surface area contributed by atoms with Gasteiger partial charge in [-0.1, -0.05) is 36.4 Å².